The van der Waals surface area contributed by atoms with Crippen LogP contribution in [0.3, 0.4) is 0 Å². The van der Waals surface area contributed by atoms with Gasteiger partial charge in [0.25, 0.3) is 0 Å². The monoisotopic (exact) mass is 554 g/mol. The van der Waals surface area contributed by atoms with Crippen LogP contribution >= 0.6 is 0 Å². The van der Waals surface area contributed by atoms with Crippen molar-refractivity contribution in [3.8, 4) is 0 Å². The van der Waals surface area contributed by atoms with E-state index in [1.165, 1.54) is 27.7 Å². The number of carbonyl (C=O) groups is 4. The summed E-state index contributed by atoms with van der Waals surface area (Å²) in [6, 6.07) is 0. The Labute approximate surface area is 229 Å². The Bertz CT molecular complexity index is 1000. The molecular formula is C28H42O11. The maximum atomic E-state index is 12.4. The van der Waals surface area contributed by atoms with Crippen LogP contribution in [0.2, 0.25) is 0 Å². The summed E-state index contributed by atoms with van der Waals surface area (Å²) in [4.78, 5) is 49.0. The van der Waals surface area contributed by atoms with Crippen LogP contribution in [0.5, 0.6) is 0 Å². The zero-order valence-electron chi connectivity index (χ0n) is 24.1. The number of rotatable bonds is 5. The zero-order valence-corrected chi connectivity index (χ0v) is 24.1. The van der Waals surface area contributed by atoms with Gasteiger partial charge in [-0.2, -0.15) is 0 Å². The van der Waals surface area contributed by atoms with Gasteiger partial charge in [-0.3, -0.25) is 19.2 Å². The molecule has 0 amide bonds. The first-order valence-electron chi connectivity index (χ1n) is 13.8. The predicted molar refractivity (Wildman–Crippen MR) is 134 cm³/mol. The maximum absolute atomic E-state index is 12.4. The Hall–Kier alpha value is -2.24. The Morgan fingerprint density at radius 3 is 2.00 bits per heavy atom. The highest BCUT2D eigenvalue weighted by Gasteiger charge is 2.76. The molecule has 0 aromatic heterocycles. The van der Waals surface area contributed by atoms with Crippen LogP contribution in [0, 0.1) is 23.7 Å². The van der Waals surface area contributed by atoms with Gasteiger partial charge in [0, 0.05) is 51.9 Å². The third-order valence-electron chi connectivity index (χ3n) is 8.99. The van der Waals surface area contributed by atoms with Crippen LogP contribution in [-0.4, -0.2) is 82.9 Å². The van der Waals surface area contributed by atoms with Crippen LogP contribution in [0.15, 0.2) is 0 Å². The molecule has 4 rings (SSSR count). The molecule has 1 N–H and O–H groups in total. The largest absolute Gasteiger partial charge is 0.460 e. The normalized spacial score (nSPS) is 44.9. The summed E-state index contributed by atoms with van der Waals surface area (Å²) >= 11 is 0. The van der Waals surface area contributed by atoms with Gasteiger partial charge in [-0.05, 0) is 32.6 Å². The van der Waals surface area contributed by atoms with E-state index in [1.54, 1.807) is 13.8 Å². The van der Waals surface area contributed by atoms with Crippen LogP contribution in [0.1, 0.15) is 74.7 Å². The summed E-state index contributed by atoms with van der Waals surface area (Å²) in [6.07, 6.45) is -3.30. The SMILES string of the molecule is CC(=O)OC1C(C(C)C)C2C3OC(CC(C)(O)C(OC(C)=O)CCC3(C)OC(C)=O)C2C2(CO2)C1OC(C)=O. The standard InChI is InChI=1S/C28H42O11/c1-13(2)20-21-22(28(12-34-28)25(37-16(5)31)23(20)36-15(4)30)18-11-26(7,33)19(35-14(3)29)9-10-27(8,24(21)38-18)39-17(6)32/h13,18-25,33H,9-12H2,1-8H3. The molecule has 1 spiro atoms. The number of fused-ring (bicyclic) bond motifs is 6. The van der Waals surface area contributed by atoms with Gasteiger partial charge in [-0.1, -0.05) is 13.8 Å². The van der Waals surface area contributed by atoms with Crippen LogP contribution < -0.4 is 0 Å². The minimum absolute atomic E-state index is 0.0559. The predicted octanol–water partition coefficient (Wildman–Crippen LogP) is 2.09. The quantitative estimate of drug-likeness (QED) is 0.303. The summed E-state index contributed by atoms with van der Waals surface area (Å²) in [7, 11) is 0. The van der Waals surface area contributed by atoms with E-state index in [2.05, 4.69) is 0 Å². The molecule has 3 aliphatic heterocycles. The van der Waals surface area contributed by atoms with E-state index in [0.717, 1.165) is 0 Å². The highest BCUT2D eigenvalue weighted by Crippen LogP contribution is 2.63. The molecule has 3 saturated heterocycles. The van der Waals surface area contributed by atoms with E-state index in [1.807, 2.05) is 13.8 Å². The second kappa shape index (κ2) is 10.3. The van der Waals surface area contributed by atoms with Crippen molar-refractivity contribution in [1.29, 1.82) is 0 Å². The first kappa shape index (κ1) is 29.7. The Morgan fingerprint density at radius 2 is 1.51 bits per heavy atom. The topological polar surface area (TPSA) is 147 Å². The first-order chi connectivity index (χ1) is 18.0. The smallest absolute Gasteiger partial charge is 0.303 e. The third-order valence-corrected chi connectivity index (χ3v) is 8.99. The molecule has 1 aliphatic carbocycles. The van der Waals surface area contributed by atoms with Crippen LogP contribution in [0.25, 0.3) is 0 Å². The van der Waals surface area contributed by atoms with Crippen molar-refractivity contribution in [1.82, 2.24) is 0 Å². The summed E-state index contributed by atoms with van der Waals surface area (Å²) in [5.74, 6) is -3.22. The first-order valence-corrected chi connectivity index (χ1v) is 13.8. The average molecular weight is 555 g/mol. The van der Waals surface area contributed by atoms with Gasteiger partial charge in [0.1, 0.15) is 35.1 Å². The molecule has 3 heterocycles. The second-order valence-electron chi connectivity index (χ2n) is 12.5. The summed E-state index contributed by atoms with van der Waals surface area (Å²) in [6.45, 7) is 12.9. The van der Waals surface area contributed by atoms with Gasteiger partial charge in [0.05, 0.1) is 12.7 Å². The highest BCUT2D eigenvalue weighted by atomic mass is 16.7. The molecule has 0 aromatic carbocycles. The molecule has 0 aromatic rings. The number of hydrogen-bond donors (Lipinski definition) is 1. The van der Waals surface area contributed by atoms with Crippen LogP contribution in [-0.2, 0) is 47.6 Å². The number of esters is 4. The molecule has 11 unspecified atom stereocenters. The fraction of sp³-hybridized carbons (Fsp3) is 0.857. The second-order valence-corrected chi connectivity index (χ2v) is 12.5. The molecule has 4 aliphatic rings. The lowest BCUT2D eigenvalue weighted by Gasteiger charge is -2.52. The van der Waals surface area contributed by atoms with Crippen molar-refractivity contribution in [2.24, 2.45) is 23.7 Å². The van der Waals surface area contributed by atoms with Gasteiger partial charge in [0.15, 0.2) is 6.10 Å². The van der Waals surface area contributed by atoms with Crippen molar-refractivity contribution in [3.05, 3.63) is 0 Å². The van der Waals surface area contributed by atoms with Crippen molar-refractivity contribution in [2.75, 3.05) is 6.61 Å². The van der Waals surface area contributed by atoms with Crippen LogP contribution in [0.4, 0.5) is 0 Å². The van der Waals surface area contributed by atoms with E-state index in [9.17, 15) is 24.3 Å². The van der Waals surface area contributed by atoms with E-state index >= 15 is 0 Å². The lowest BCUT2D eigenvalue weighted by atomic mass is 9.56. The number of hydrogen-bond acceptors (Lipinski definition) is 11. The Kier molecular flexibility index (Phi) is 7.86. The number of ether oxygens (including phenoxy) is 6. The molecule has 11 heteroatoms. The fourth-order valence-electron chi connectivity index (χ4n) is 7.67. The van der Waals surface area contributed by atoms with E-state index < -0.39 is 77.1 Å². The Morgan fingerprint density at radius 1 is 0.923 bits per heavy atom. The number of carbonyl (C=O) groups excluding carboxylic acids is 4. The molecular weight excluding hydrogens is 512 g/mol. The molecule has 220 valence electrons. The van der Waals surface area contributed by atoms with E-state index in [4.69, 9.17) is 28.4 Å². The molecule has 11 nitrogen and oxygen atoms in total. The van der Waals surface area contributed by atoms with E-state index in [-0.39, 0.29) is 43.6 Å². The summed E-state index contributed by atoms with van der Waals surface area (Å²) < 4.78 is 36.1. The van der Waals surface area contributed by atoms with E-state index in [0.29, 0.717) is 0 Å². The van der Waals surface area contributed by atoms with Gasteiger partial charge < -0.3 is 33.5 Å². The van der Waals surface area contributed by atoms with Gasteiger partial charge in [-0.15, -0.1) is 0 Å². The summed E-state index contributed by atoms with van der Waals surface area (Å²) in [5, 5.41) is 11.7. The van der Waals surface area contributed by atoms with Crippen molar-refractivity contribution < 1.29 is 52.7 Å². The maximum Gasteiger partial charge on any atom is 0.303 e. The van der Waals surface area contributed by atoms with Crippen molar-refractivity contribution in [3.63, 3.8) is 0 Å². The summed E-state index contributed by atoms with van der Waals surface area (Å²) in [5.41, 5.74) is -3.67. The van der Waals surface area contributed by atoms with Gasteiger partial charge >= 0.3 is 23.9 Å². The minimum atomic E-state index is -1.48. The third kappa shape index (κ3) is 5.41. The van der Waals surface area contributed by atoms with Crippen molar-refractivity contribution >= 4 is 23.9 Å². The average Bonchev–Trinajstić information content (AvgIpc) is 3.46. The molecule has 4 fully saturated rings. The zero-order chi connectivity index (χ0) is 29.1. The molecule has 2 bridgehead atoms. The lowest BCUT2D eigenvalue weighted by molar-refractivity contribution is -0.208. The molecule has 0 radical (unpaired) electrons. The minimum Gasteiger partial charge on any atom is -0.460 e. The number of aliphatic hydroxyl groups is 1. The lowest BCUT2D eigenvalue weighted by Crippen LogP contribution is -2.65. The van der Waals surface area contributed by atoms with Gasteiger partial charge in [-0.25, -0.2) is 0 Å². The van der Waals surface area contributed by atoms with Gasteiger partial charge in [0.2, 0.25) is 0 Å². The fourth-order valence-corrected chi connectivity index (χ4v) is 7.67. The Balaban J connectivity index is 1.89. The molecule has 39 heavy (non-hydrogen) atoms. The molecule has 11 atom stereocenters. The number of epoxide rings is 1. The van der Waals surface area contributed by atoms with Crippen molar-refractivity contribution in [2.45, 2.75) is 122 Å². The highest BCUT2D eigenvalue weighted by molar-refractivity contribution is 5.68. The molecule has 1 saturated carbocycles.